The van der Waals surface area contributed by atoms with Crippen LogP contribution >= 0.6 is 0 Å². The van der Waals surface area contributed by atoms with Gasteiger partial charge in [-0.1, -0.05) is 42.5 Å². The lowest BCUT2D eigenvalue weighted by Gasteiger charge is -2.19. The summed E-state index contributed by atoms with van der Waals surface area (Å²) in [6, 6.07) is 17.2. The molecule has 7 nitrogen and oxygen atoms in total. The molecule has 0 aliphatic carbocycles. The van der Waals surface area contributed by atoms with Gasteiger partial charge in [0.2, 0.25) is 5.91 Å². The summed E-state index contributed by atoms with van der Waals surface area (Å²) in [5.74, 6) is -1.61. The summed E-state index contributed by atoms with van der Waals surface area (Å²) in [6.07, 6.45) is -4.82. The van der Waals surface area contributed by atoms with E-state index in [4.69, 9.17) is 5.73 Å². The fourth-order valence-electron chi connectivity index (χ4n) is 4.18. The van der Waals surface area contributed by atoms with Crippen LogP contribution in [0.4, 0.5) is 13.2 Å². The van der Waals surface area contributed by atoms with Gasteiger partial charge in [-0.05, 0) is 66.3 Å². The van der Waals surface area contributed by atoms with E-state index in [1.807, 2.05) is 25.1 Å². The van der Waals surface area contributed by atoms with E-state index in [2.05, 4.69) is 10.1 Å². The number of phenols is 1. The lowest BCUT2D eigenvalue weighted by Crippen LogP contribution is -2.32. The van der Waals surface area contributed by atoms with E-state index < -0.39 is 24.3 Å². The average molecular weight is 533 g/mol. The Morgan fingerprint density at radius 1 is 1.00 bits per heavy atom. The molecule has 1 amide bonds. The Kier molecular flexibility index (Phi) is 9.73. The van der Waals surface area contributed by atoms with Crippen molar-refractivity contribution in [3.05, 3.63) is 94.5 Å². The number of ether oxygens (including phenoxy) is 1. The number of aliphatic hydroxyl groups excluding tert-OH is 2. The Morgan fingerprint density at radius 2 is 1.71 bits per heavy atom. The highest BCUT2D eigenvalue weighted by atomic mass is 19.4. The molecule has 204 valence electrons. The first-order valence-corrected chi connectivity index (χ1v) is 12.0. The highest BCUT2D eigenvalue weighted by molar-refractivity contribution is 5.82. The van der Waals surface area contributed by atoms with Crippen LogP contribution in [0.5, 0.6) is 11.5 Å². The van der Waals surface area contributed by atoms with Gasteiger partial charge < -0.3 is 31.1 Å². The molecule has 0 aromatic heterocycles. The third-order valence-electron chi connectivity index (χ3n) is 6.15. The molecule has 3 rings (SSSR count). The molecule has 0 heterocycles. The van der Waals surface area contributed by atoms with Gasteiger partial charge >= 0.3 is 6.36 Å². The number of rotatable bonds is 12. The van der Waals surface area contributed by atoms with Gasteiger partial charge in [0, 0.05) is 18.2 Å². The van der Waals surface area contributed by atoms with Crippen LogP contribution in [0.3, 0.4) is 0 Å². The first-order chi connectivity index (χ1) is 17.9. The number of hydrogen-bond donors (Lipinski definition) is 5. The zero-order valence-electron chi connectivity index (χ0n) is 20.8. The Hall–Kier alpha value is -3.60. The SMILES string of the molecule is C[C@H](Cc1cccc(C(Cc2ccc(OC(F)(F)F)cc2)C(N)=O)c1)NC[C@H](O)c1ccc(O)c(CO)c1. The smallest absolute Gasteiger partial charge is 0.508 e. The summed E-state index contributed by atoms with van der Waals surface area (Å²) in [4.78, 5) is 12.2. The second kappa shape index (κ2) is 12.8. The molecule has 0 spiro atoms. The molecular formula is C28H31F3N2O5. The van der Waals surface area contributed by atoms with Crippen LogP contribution < -0.4 is 15.8 Å². The summed E-state index contributed by atoms with van der Waals surface area (Å²) in [6.45, 7) is 1.86. The second-order valence-corrected chi connectivity index (χ2v) is 9.17. The van der Waals surface area contributed by atoms with Crippen molar-refractivity contribution in [2.75, 3.05) is 6.54 Å². The van der Waals surface area contributed by atoms with E-state index in [9.17, 15) is 33.3 Å². The second-order valence-electron chi connectivity index (χ2n) is 9.17. The van der Waals surface area contributed by atoms with E-state index in [1.165, 1.54) is 30.3 Å². The molecule has 0 fully saturated rings. The minimum Gasteiger partial charge on any atom is -0.508 e. The molecule has 0 radical (unpaired) electrons. The number of nitrogens with one attached hydrogen (secondary N) is 1. The van der Waals surface area contributed by atoms with E-state index in [0.717, 1.165) is 5.56 Å². The zero-order valence-corrected chi connectivity index (χ0v) is 20.8. The van der Waals surface area contributed by atoms with Gasteiger partial charge in [0.15, 0.2) is 0 Å². The van der Waals surface area contributed by atoms with E-state index >= 15 is 0 Å². The normalized spacial score (nSPS) is 14.1. The lowest BCUT2D eigenvalue weighted by molar-refractivity contribution is -0.274. The third kappa shape index (κ3) is 8.47. The number of amides is 1. The predicted octanol–water partition coefficient (Wildman–Crippen LogP) is 3.85. The number of primary amides is 1. The van der Waals surface area contributed by atoms with Crippen LogP contribution in [0.15, 0.2) is 66.7 Å². The van der Waals surface area contributed by atoms with Crippen molar-refractivity contribution in [2.45, 2.75) is 50.8 Å². The number of aliphatic hydroxyl groups is 2. The maximum Gasteiger partial charge on any atom is 0.573 e. The highest BCUT2D eigenvalue weighted by Gasteiger charge is 2.31. The minimum absolute atomic E-state index is 0.0357. The van der Waals surface area contributed by atoms with E-state index in [1.54, 1.807) is 18.2 Å². The molecule has 1 unspecified atom stereocenters. The van der Waals surface area contributed by atoms with Crippen LogP contribution in [0.2, 0.25) is 0 Å². The van der Waals surface area contributed by atoms with Crippen molar-refractivity contribution in [1.29, 1.82) is 0 Å². The molecule has 0 aliphatic rings. The van der Waals surface area contributed by atoms with Gasteiger partial charge in [0.25, 0.3) is 0 Å². The summed E-state index contributed by atoms with van der Waals surface area (Å²) in [7, 11) is 0. The number of hydrogen-bond acceptors (Lipinski definition) is 6. The third-order valence-corrected chi connectivity index (χ3v) is 6.15. The lowest BCUT2D eigenvalue weighted by atomic mass is 9.89. The van der Waals surface area contributed by atoms with Gasteiger partial charge in [-0.25, -0.2) is 0 Å². The molecule has 0 saturated carbocycles. The Balaban J connectivity index is 1.62. The van der Waals surface area contributed by atoms with Crippen molar-refractivity contribution < 1.29 is 38.0 Å². The largest absolute Gasteiger partial charge is 0.573 e. The molecule has 6 N–H and O–H groups in total. The fourth-order valence-corrected chi connectivity index (χ4v) is 4.18. The quantitative estimate of drug-likeness (QED) is 0.241. The molecule has 38 heavy (non-hydrogen) atoms. The van der Waals surface area contributed by atoms with Crippen LogP contribution in [0, 0.1) is 0 Å². The average Bonchev–Trinajstić information content (AvgIpc) is 2.86. The maximum atomic E-state index is 12.4. The molecular weight excluding hydrogens is 501 g/mol. The molecule has 10 heteroatoms. The number of halogens is 3. The van der Waals surface area contributed by atoms with E-state index in [-0.39, 0.29) is 37.1 Å². The van der Waals surface area contributed by atoms with Gasteiger partial charge in [-0.2, -0.15) is 0 Å². The molecule has 0 aliphatic heterocycles. The number of carbonyl (C=O) groups is 1. The summed E-state index contributed by atoms with van der Waals surface area (Å²) >= 11 is 0. The fraction of sp³-hybridized carbons (Fsp3) is 0.321. The van der Waals surface area contributed by atoms with Gasteiger partial charge in [-0.3, -0.25) is 4.79 Å². The van der Waals surface area contributed by atoms with Crippen molar-refractivity contribution in [3.63, 3.8) is 0 Å². The standard InChI is InChI=1S/C28H31F3N2O5/c1-17(33-15-26(36)21-7-10-25(35)22(14-21)16-34)11-19-3-2-4-20(12-19)24(27(32)37)13-18-5-8-23(9-6-18)38-28(29,30)31/h2-10,12,14,17,24,26,33-36H,11,13,15-16H2,1H3,(H2,32,37)/t17-,24?,26+/m1/s1. The highest BCUT2D eigenvalue weighted by Crippen LogP contribution is 2.27. The maximum absolute atomic E-state index is 12.4. The molecule has 0 saturated heterocycles. The van der Waals surface area contributed by atoms with Gasteiger partial charge in [0.05, 0.1) is 18.6 Å². The zero-order chi connectivity index (χ0) is 27.9. The van der Waals surface area contributed by atoms with E-state index in [0.29, 0.717) is 28.7 Å². The minimum atomic E-state index is -4.78. The molecule has 0 bridgehead atoms. The topological polar surface area (TPSA) is 125 Å². The molecule has 3 atom stereocenters. The molecule has 3 aromatic rings. The number of nitrogens with two attached hydrogens (primary N) is 1. The first-order valence-electron chi connectivity index (χ1n) is 12.0. The van der Waals surface area contributed by atoms with Crippen LogP contribution in [-0.4, -0.2) is 40.2 Å². The van der Waals surface area contributed by atoms with Crippen molar-refractivity contribution in [3.8, 4) is 11.5 Å². The van der Waals surface area contributed by atoms with Crippen LogP contribution in [0.25, 0.3) is 0 Å². The predicted molar refractivity (Wildman–Crippen MR) is 135 cm³/mol. The van der Waals surface area contributed by atoms with Crippen LogP contribution in [0.1, 0.15) is 46.8 Å². The van der Waals surface area contributed by atoms with Crippen molar-refractivity contribution in [1.82, 2.24) is 5.32 Å². The first kappa shape index (κ1) is 29.0. The Labute approximate surface area is 218 Å². The number of carbonyl (C=O) groups excluding carboxylic acids is 1. The summed E-state index contributed by atoms with van der Waals surface area (Å²) in [5, 5.41) is 32.8. The Morgan fingerprint density at radius 3 is 2.34 bits per heavy atom. The molecule has 3 aromatic carbocycles. The van der Waals surface area contributed by atoms with Crippen LogP contribution in [-0.2, 0) is 24.2 Å². The number of alkyl halides is 3. The number of aromatic hydroxyl groups is 1. The van der Waals surface area contributed by atoms with Crippen molar-refractivity contribution >= 4 is 5.91 Å². The Bertz CT molecular complexity index is 1220. The van der Waals surface area contributed by atoms with Gasteiger partial charge in [-0.15, -0.1) is 13.2 Å². The summed E-state index contributed by atoms with van der Waals surface area (Å²) in [5.41, 5.74) is 8.83. The monoisotopic (exact) mass is 532 g/mol. The van der Waals surface area contributed by atoms with Gasteiger partial charge in [0.1, 0.15) is 11.5 Å². The number of benzene rings is 3. The van der Waals surface area contributed by atoms with Crippen molar-refractivity contribution in [2.24, 2.45) is 5.73 Å². The summed E-state index contributed by atoms with van der Waals surface area (Å²) < 4.78 is 41.1.